The summed E-state index contributed by atoms with van der Waals surface area (Å²) >= 11 is 0. The SMILES string of the molecule is CCOc1ccccc1C(N)CN(C)C1CCC1. The Bertz CT molecular complexity index is 377. The normalized spacial score (nSPS) is 17.6. The van der Waals surface area contributed by atoms with Crippen LogP contribution in [-0.2, 0) is 0 Å². The smallest absolute Gasteiger partial charge is 0.124 e. The molecular weight excluding hydrogens is 224 g/mol. The number of nitrogens with zero attached hydrogens (tertiary/aromatic N) is 1. The third-order valence-corrected chi connectivity index (χ3v) is 3.80. The van der Waals surface area contributed by atoms with Gasteiger partial charge in [0.1, 0.15) is 5.75 Å². The van der Waals surface area contributed by atoms with Crippen LogP contribution in [-0.4, -0.2) is 31.1 Å². The summed E-state index contributed by atoms with van der Waals surface area (Å²) in [6.07, 6.45) is 3.99. The molecule has 3 nitrogen and oxygen atoms in total. The molecule has 100 valence electrons. The fraction of sp³-hybridized carbons (Fsp3) is 0.600. The standard InChI is InChI=1S/C15H24N2O/c1-3-18-15-10-5-4-9-13(15)14(16)11-17(2)12-7-6-8-12/h4-5,9-10,12,14H,3,6-8,11,16H2,1-2H3. The van der Waals surface area contributed by atoms with Crippen molar-refractivity contribution in [2.75, 3.05) is 20.2 Å². The fourth-order valence-electron chi connectivity index (χ4n) is 2.46. The first-order chi connectivity index (χ1) is 8.72. The molecule has 2 rings (SSSR count). The van der Waals surface area contributed by atoms with Gasteiger partial charge in [0.25, 0.3) is 0 Å². The van der Waals surface area contributed by atoms with E-state index in [0.717, 1.165) is 23.9 Å². The zero-order valence-corrected chi connectivity index (χ0v) is 11.4. The van der Waals surface area contributed by atoms with Crippen LogP contribution in [0.5, 0.6) is 5.75 Å². The van der Waals surface area contributed by atoms with Gasteiger partial charge in [-0.1, -0.05) is 24.6 Å². The van der Waals surface area contributed by atoms with E-state index in [0.29, 0.717) is 6.61 Å². The Kier molecular flexibility index (Phi) is 4.61. The summed E-state index contributed by atoms with van der Waals surface area (Å²) in [4.78, 5) is 2.39. The molecule has 1 fully saturated rings. The number of ether oxygens (including phenoxy) is 1. The summed E-state index contributed by atoms with van der Waals surface area (Å²) in [5, 5.41) is 0. The molecule has 0 spiro atoms. The van der Waals surface area contributed by atoms with E-state index in [1.807, 2.05) is 25.1 Å². The quantitative estimate of drug-likeness (QED) is 0.841. The van der Waals surface area contributed by atoms with Crippen molar-refractivity contribution < 1.29 is 4.74 Å². The van der Waals surface area contributed by atoms with Crippen LogP contribution >= 0.6 is 0 Å². The van der Waals surface area contributed by atoms with Gasteiger partial charge in [0, 0.05) is 24.2 Å². The van der Waals surface area contributed by atoms with Gasteiger partial charge in [0.2, 0.25) is 0 Å². The molecule has 18 heavy (non-hydrogen) atoms. The van der Waals surface area contributed by atoms with Crippen molar-refractivity contribution in [3.05, 3.63) is 29.8 Å². The van der Waals surface area contributed by atoms with E-state index in [2.05, 4.69) is 18.0 Å². The van der Waals surface area contributed by atoms with Crippen LogP contribution in [0.4, 0.5) is 0 Å². The van der Waals surface area contributed by atoms with Gasteiger partial charge in [-0.2, -0.15) is 0 Å². The lowest BCUT2D eigenvalue weighted by Gasteiger charge is -2.36. The number of para-hydroxylation sites is 1. The Morgan fingerprint density at radius 2 is 2.11 bits per heavy atom. The minimum Gasteiger partial charge on any atom is -0.494 e. The average Bonchev–Trinajstić information content (AvgIpc) is 2.27. The van der Waals surface area contributed by atoms with E-state index in [9.17, 15) is 0 Å². The van der Waals surface area contributed by atoms with E-state index in [4.69, 9.17) is 10.5 Å². The summed E-state index contributed by atoms with van der Waals surface area (Å²) in [5.41, 5.74) is 7.44. The molecule has 1 aliphatic rings. The number of rotatable bonds is 6. The summed E-state index contributed by atoms with van der Waals surface area (Å²) in [5.74, 6) is 0.925. The molecule has 0 bridgehead atoms. The zero-order chi connectivity index (χ0) is 13.0. The first-order valence-electron chi connectivity index (χ1n) is 6.90. The van der Waals surface area contributed by atoms with E-state index in [1.165, 1.54) is 19.3 Å². The highest BCUT2D eigenvalue weighted by Crippen LogP contribution is 2.28. The van der Waals surface area contributed by atoms with Crippen LogP contribution < -0.4 is 10.5 Å². The highest BCUT2D eigenvalue weighted by atomic mass is 16.5. The van der Waals surface area contributed by atoms with Gasteiger partial charge in [0.05, 0.1) is 6.61 Å². The first kappa shape index (κ1) is 13.4. The van der Waals surface area contributed by atoms with E-state index in [-0.39, 0.29) is 6.04 Å². The molecule has 0 radical (unpaired) electrons. The average molecular weight is 248 g/mol. The zero-order valence-electron chi connectivity index (χ0n) is 11.4. The van der Waals surface area contributed by atoms with Crippen LogP contribution in [0.1, 0.15) is 37.8 Å². The predicted octanol–water partition coefficient (Wildman–Crippen LogP) is 2.57. The van der Waals surface area contributed by atoms with Gasteiger partial charge < -0.3 is 15.4 Å². The molecule has 1 aromatic rings. The molecule has 3 heteroatoms. The minimum atomic E-state index is 0.0262. The second kappa shape index (κ2) is 6.21. The highest BCUT2D eigenvalue weighted by Gasteiger charge is 2.24. The molecule has 2 N–H and O–H groups in total. The monoisotopic (exact) mass is 248 g/mol. The molecule has 1 aliphatic carbocycles. The Hall–Kier alpha value is -1.06. The van der Waals surface area contributed by atoms with Crippen molar-refractivity contribution in [1.29, 1.82) is 0 Å². The van der Waals surface area contributed by atoms with E-state index >= 15 is 0 Å². The lowest BCUT2D eigenvalue weighted by Crippen LogP contribution is -2.41. The number of benzene rings is 1. The van der Waals surface area contributed by atoms with Crippen LogP contribution in [0.3, 0.4) is 0 Å². The topological polar surface area (TPSA) is 38.5 Å². The summed E-state index contributed by atoms with van der Waals surface area (Å²) in [6.45, 7) is 3.58. The first-order valence-corrected chi connectivity index (χ1v) is 6.90. The van der Waals surface area contributed by atoms with Gasteiger partial charge >= 0.3 is 0 Å². The van der Waals surface area contributed by atoms with E-state index < -0.39 is 0 Å². The number of likely N-dealkylation sites (N-methyl/N-ethyl adjacent to an activating group) is 1. The van der Waals surface area contributed by atoms with Gasteiger partial charge in [-0.25, -0.2) is 0 Å². The third-order valence-electron chi connectivity index (χ3n) is 3.80. The van der Waals surface area contributed by atoms with Crippen LogP contribution in [0, 0.1) is 0 Å². The van der Waals surface area contributed by atoms with Crippen LogP contribution in [0.2, 0.25) is 0 Å². The summed E-state index contributed by atoms with van der Waals surface area (Å²) in [7, 11) is 2.17. The second-order valence-electron chi connectivity index (χ2n) is 5.10. The van der Waals surface area contributed by atoms with Crippen molar-refractivity contribution in [3.8, 4) is 5.75 Å². The van der Waals surface area contributed by atoms with Crippen molar-refractivity contribution in [2.45, 2.75) is 38.3 Å². The molecule has 0 aliphatic heterocycles. The summed E-state index contributed by atoms with van der Waals surface area (Å²) in [6, 6.07) is 8.86. The Balaban J connectivity index is 2.00. The molecule has 0 saturated heterocycles. The lowest BCUT2D eigenvalue weighted by atomic mass is 9.91. The summed E-state index contributed by atoms with van der Waals surface area (Å²) < 4.78 is 5.64. The fourth-order valence-corrected chi connectivity index (χ4v) is 2.46. The van der Waals surface area contributed by atoms with Crippen LogP contribution in [0.25, 0.3) is 0 Å². The van der Waals surface area contributed by atoms with Crippen molar-refractivity contribution in [3.63, 3.8) is 0 Å². The van der Waals surface area contributed by atoms with Crippen molar-refractivity contribution in [2.24, 2.45) is 5.73 Å². The molecule has 1 saturated carbocycles. The lowest BCUT2D eigenvalue weighted by molar-refractivity contribution is 0.151. The van der Waals surface area contributed by atoms with Crippen LogP contribution in [0.15, 0.2) is 24.3 Å². The Labute approximate surface area is 110 Å². The largest absolute Gasteiger partial charge is 0.494 e. The van der Waals surface area contributed by atoms with Gasteiger partial charge in [0.15, 0.2) is 0 Å². The van der Waals surface area contributed by atoms with Gasteiger partial charge in [-0.05, 0) is 32.9 Å². The molecule has 0 amide bonds. The maximum atomic E-state index is 6.32. The van der Waals surface area contributed by atoms with Crippen molar-refractivity contribution >= 4 is 0 Å². The van der Waals surface area contributed by atoms with Crippen molar-refractivity contribution in [1.82, 2.24) is 4.90 Å². The molecule has 1 aromatic carbocycles. The predicted molar refractivity (Wildman–Crippen MR) is 74.8 cm³/mol. The number of nitrogens with two attached hydrogens (primary N) is 1. The molecule has 0 aromatic heterocycles. The molecule has 1 atom stereocenters. The highest BCUT2D eigenvalue weighted by molar-refractivity contribution is 5.36. The van der Waals surface area contributed by atoms with Gasteiger partial charge in [-0.15, -0.1) is 0 Å². The molecule has 1 unspecified atom stereocenters. The molecule has 0 heterocycles. The maximum Gasteiger partial charge on any atom is 0.124 e. The van der Waals surface area contributed by atoms with E-state index in [1.54, 1.807) is 0 Å². The number of hydrogen-bond acceptors (Lipinski definition) is 3. The second-order valence-corrected chi connectivity index (χ2v) is 5.10. The van der Waals surface area contributed by atoms with Gasteiger partial charge in [-0.3, -0.25) is 0 Å². The third kappa shape index (κ3) is 3.03. The number of hydrogen-bond donors (Lipinski definition) is 1. The molecular formula is C15H24N2O. The Morgan fingerprint density at radius 3 is 2.72 bits per heavy atom. The Morgan fingerprint density at radius 1 is 1.39 bits per heavy atom. The maximum absolute atomic E-state index is 6.32. The minimum absolute atomic E-state index is 0.0262.